The Kier molecular flexibility index (Phi) is 7.44. The number of nitrogens with one attached hydrogen (secondary N) is 1. The van der Waals surface area contributed by atoms with Crippen molar-refractivity contribution in [2.24, 2.45) is 5.92 Å². The van der Waals surface area contributed by atoms with E-state index in [4.69, 9.17) is 16.3 Å². The summed E-state index contributed by atoms with van der Waals surface area (Å²) in [6, 6.07) is 17.0. The number of nitriles is 1. The molecular weight excluding hydrogens is 446 g/mol. The van der Waals surface area contributed by atoms with Gasteiger partial charge in [0, 0.05) is 16.3 Å². The Morgan fingerprint density at radius 3 is 2.62 bits per heavy atom. The van der Waals surface area contributed by atoms with Crippen molar-refractivity contribution in [3.63, 3.8) is 0 Å². The minimum Gasteiger partial charge on any atom is -0.497 e. The molecule has 0 saturated carbocycles. The molecule has 0 aliphatic heterocycles. The van der Waals surface area contributed by atoms with E-state index >= 15 is 0 Å². The minimum atomic E-state index is -0.937. The first kappa shape index (κ1) is 23.6. The van der Waals surface area contributed by atoms with Crippen molar-refractivity contribution in [1.82, 2.24) is 20.1 Å². The molecule has 1 heterocycles. The summed E-state index contributed by atoms with van der Waals surface area (Å²) in [5.74, 6) is 1.12. The maximum absolute atomic E-state index is 12.6. The lowest BCUT2D eigenvalue weighted by Crippen LogP contribution is -2.49. The van der Waals surface area contributed by atoms with Crippen LogP contribution in [0, 0.1) is 17.2 Å². The molecule has 2 aromatic carbocycles. The number of thioether (sulfide) groups is 1. The van der Waals surface area contributed by atoms with Crippen LogP contribution in [0.2, 0.25) is 5.02 Å². The zero-order chi connectivity index (χ0) is 23.3. The zero-order valence-electron chi connectivity index (χ0n) is 18.3. The lowest BCUT2D eigenvalue weighted by atomic mass is 9.90. The molecule has 0 bridgehead atoms. The van der Waals surface area contributed by atoms with Crippen LogP contribution >= 0.6 is 23.4 Å². The first-order chi connectivity index (χ1) is 15.3. The van der Waals surface area contributed by atoms with Gasteiger partial charge in [-0.3, -0.25) is 9.36 Å². The molecule has 0 spiro atoms. The van der Waals surface area contributed by atoms with Crippen LogP contribution in [0.5, 0.6) is 5.75 Å². The summed E-state index contributed by atoms with van der Waals surface area (Å²) in [6.45, 7) is 5.51. The Bertz CT molecular complexity index is 1140. The van der Waals surface area contributed by atoms with Gasteiger partial charge in [-0.25, -0.2) is 0 Å². The van der Waals surface area contributed by atoms with Gasteiger partial charge in [0.2, 0.25) is 5.91 Å². The first-order valence-corrected chi connectivity index (χ1v) is 11.3. The Morgan fingerprint density at radius 1 is 1.28 bits per heavy atom. The van der Waals surface area contributed by atoms with Crippen molar-refractivity contribution in [3.8, 4) is 28.9 Å². The molecule has 0 aliphatic carbocycles. The van der Waals surface area contributed by atoms with E-state index in [2.05, 4.69) is 21.6 Å². The highest BCUT2D eigenvalue weighted by molar-refractivity contribution is 7.99. The van der Waals surface area contributed by atoms with Crippen LogP contribution in [0.25, 0.3) is 17.1 Å². The predicted molar refractivity (Wildman–Crippen MR) is 126 cm³/mol. The lowest BCUT2D eigenvalue weighted by Gasteiger charge is -2.27. The highest BCUT2D eigenvalue weighted by Gasteiger charge is 2.30. The van der Waals surface area contributed by atoms with Gasteiger partial charge < -0.3 is 10.1 Å². The number of amides is 1. The van der Waals surface area contributed by atoms with Gasteiger partial charge in [-0.1, -0.05) is 49.3 Å². The predicted octanol–water partition coefficient (Wildman–Crippen LogP) is 4.74. The third-order valence-corrected chi connectivity index (χ3v) is 6.35. The average molecular weight is 470 g/mol. The molecule has 0 saturated heterocycles. The zero-order valence-corrected chi connectivity index (χ0v) is 19.9. The molecule has 1 amide bonds. The summed E-state index contributed by atoms with van der Waals surface area (Å²) in [5, 5.41) is 22.1. The van der Waals surface area contributed by atoms with Gasteiger partial charge in [0.05, 0.1) is 18.9 Å². The number of methoxy groups -OCH3 is 1. The number of hydrogen-bond donors (Lipinski definition) is 1. The van der Waals surface area contributed by atoms with Gasteiger partial charge in [-0.05, 0) is 49.2 Å². The van der Waals surface area contributed by atoms with Crippen LogP contribution in [-0.2, 0) is 4.79 Å². The van der Waals surface area contributed by atoms with Crippen molar-refractivity contribution in [1.29, 1.82) is 5.26 Å². The standard InChI is InChI=1S/C23H24ClN5O2S/c1-15(2)23(3,14-25)26-20(30)13-32-22-28-27-21(16-6-5-7-19(12-16)31-4)29(22)18-10-8-17(24)9-11-18/h5-12,15H,13H2,1-4H3,(H,26,30)/t23-/m1/s1. The largest absolute Gasteiger partial charge is 0.497 e. The van der Waals surface area contributed by atoms with E-state index in [-0.39, 0.29) is 17.6 Å². The number of ether oxygens (including phenoxy) is 1. The fourth-order valence-electron chi connectivity index (χ4n) is 2.89. The van der Waals surface area contributed by atoms with Crippen LogP contribution in [0.4, 0.5) is 0 Å². The summed E-state index contributed by atoms with van der Waals surface area (Å²) in [7, 11) is 1.61. The second kappa shape index (κ2) is 10.1. The minimum absolute atomic E-state index is 0.0289. The highest BCUT2D eigenvalue weighted by Crippen LogP contribution is 2.30. The topological polar surface area (TPSA) is 92.8 Å². The van der Waals surface area contributed by atoms with Crippen molar-refractivity contribution in [2.75, 3.05) is 12.9 Å². The molecule has 7 nitrogen and oxygen atoms in total. The molecule has 1 atom stereocenters. The molecular formula is C23H24ClN5O2S. The lowest BCUT2D eigenvalue weighted by molar-refractivity contribution is -0.120. The number of halogens is 1. The normalized spacial score (nSPS) is 12.8. The molecule has 166 valence electrons. The van der Waals surface area contributed by atoms with Gasteiger partial charge in [0.15, 0.2) is 11.0 Å². The van der Waals surface area contributed by atoms with E-state index in [1.54, 1.807) is 26.2 Å². The quantitative estimate of drug-likeness (QED) is 0.479. The number of aromatic nitrogens is 3. The molecule has 1 aromatic heterocycles. The number of hydrogen-bond acceptors (Lipinski definition) is 6. The molecule has 9 heteroatoms. The van der Waals surface area contributed by atoms with E-state index in [1.807, 2.05) is 54.8 Å². The van der Waals surface area contributed by atoms with Gasteiger partial charge in [0.1, 0.15) is 11.3 Å². The smallest absolute Gasteiger partial charge is 0.231 e. The second-order valence-corrected chi connectivity index (χ2v) is 9.03. The fourth-order valence-corrected chi connectivity index (χ4v) is 3.77. The summed E-state index contributed by atoms with van der Waals surface area (Å²) in [5.41, 5.74) is 0.692. The van der Waals surface area contributed by atoms with E-state index in [9.17, 15) is 10.1 Å². The van der Waals surface area contributed by atoms with Crippen LogP contribution in [0.1, 0.15) is 20.8 Å². The van der Waals surface area contributed by atoms with Crippen LogP contribution in [0.15, 0.2) is 53.7 Å². The van der Waals surface area contributed by atoms with E-state index in [1.165, 1.54) is 11.8 Å². The Labute approximate surface area is 196 Å². The molecule has 0 aliphatic rings. The number of benzene rings is 2. The Morgan fingerprint density at radius 2 is 2.00 bits per heavy atom. The molecule has 0 fully saturated rings. The molecule has 1 N–H and O–H groups in total. The third kappa shape index (κ3) is 5.23. The number of rotatable bonds is 8. The SMILES string of the molecule is COc1cccc(-c2nnc(SCC(=O)N[C@](C)(C#N)C(C)C)n2-c2ccc(Cl)cc2)c1. The van der Waals surface area contributed by atoms with E-state index in [0.29, 0.717) is 21.8 Å². The Hall–Kier alpha value is -3.02. The second-order valence-electron chi connectivity index (χ2n) is 7.66. The summed E-state index contributed by atoms with van der Waals surface area (Å²) >= 11 is 7.32. The van der Waals surface area contributed by atoms with Crippen LogP contribution in [-0.4, -0.2) is 39.1 Å². The van der Waals surface area contributed by atoms with Gasteiger partial charge >= 0.3 is 0 Å². The van der Waals surface area contributed by atoms with Crippen molar-refractivity contribution < 1.29 is 9.53 Å². The van der Waals surface area contributed by atoms with Crippen molar-refractivity contribution in [2.45, 2.75) is 31.5 Å². The van der Waals surface area contributed by atoms with Crippen molar-refractivity contribution >= 4 is 29.3 Å². The van der Waals surface area contributed by atoms with Crippen LogP contribution < -0.4 is 10.1 Å². The van der Waals surface area contributed by atoms with Crippen molar-refractivity contribution in [3.05, 3.63) is 53.6 Å². The summed E-state index contributed by atoms with van der Waals surface area (Å²) < 4.78 is 7.21. The fraction of sp³-hybridized carbons (Fsp3) is 0.304. The maximum Gasteiger partial charge on any atom is 0.231 e. The molecule has 0 radical (unpaired) electrons. The summed E-state index contributed by atoms with van der Waals surface area (Å²) in [6.07, 6.45) is 0. The van der Waals surface area contributed by atoms with E-state index in [0.717, 1.165) is 11.3 Å². The van der Waals surface area contributed by atoms with Gasteiger partial charge in [-0.2, -0.15) is 5.26 Å². The molecule has 3 aromatic rings. The molecule has 3 rings (SSSR count). The molecule has 32 heavy (non-hydrogen) atoms. The number of carbonyl (C=O) groups is 1. The van der Waals surface area contributed by atoms with E-state index < -0.39 is 5.54 Å². The first-order valence-electron chi connectivity index (χ1n) is 9.98. The summed E-state index contributed by atoms with van der Waals surface area (Å²) in [4.78, 5) is 12.6. The number of nitrogens with zero attached hydrogens (tertiary/aromatic N) is 4. The number of carbonyl (C=O) groups excluding carboxylic acids is 1. The van der Waals surface area contributed by atoms with Gasteiger partial charge in [-0.15, -0.1) is 10.2 Å². The van der Waals surface area contributed by atoms with Gasteiger partial charge in [0.25, 0.3) is 0 Å². The van der Waals surface area contributed by atoms with Crippen LogP contribution in [0.3, 0.4) is 0 Å². The highest BCUT2D eigenvalue weighted by atomic mass is 35.5. The maximum atomic E-state index is 12.6. The third-order valence-electron chi connectivity index (χ3n) is 5.16. The monoisotopic (exact) mass is 469 g/mol. The Balaban J connectivity index is 1.93. The molecule has 0 unspecified atom stereocenters. The average Bonchev–Trinajstić information content (AvgIpc) is 3.22.